The van der Waals surface area contributed by atoms with E-state index in [9.17, 15) is 8.42 Å². The molecule has 0 bridgehead atoms. The van der Waals surface area contributed by atoms with E-state index in [4.69, 9.17) is 0 Å². The van der Waals surface area contributed by atoms with Gasteiger partial charge in [0, 0.05) is 32.4 Å². The molecule has 2 aromatic rings. The van der Waals surface area contributed by atoms with Gasteiger partial charge in [-0.05, 0) is 87.2 Å². The Morgan fingerprint density at radius 2 is 1.55 bits per heavy atom. The van der Waals surface area contributed by atoms with Crippen LogP contribution in [0.1, 0.15) is 41.1 Å². The topological polar surface area (TPSA) is 52.7 Å². The van der Waals surface area contributed by atoms with Crippen LogP contribution in [0.25, 0.3) is 0 Å². The molecule has 0 spiro atoms. The van der Waals surface area contributed by atoms with Crippen molar-refractivity contribution in [3.05, 3.63) is 58.7 Å². The summed E-state index contributed by atoms with van der Waals surface area (Å²) in [6, 6.07) is 12.2. The molecule has 1 saturated heterocycles. The zero-order valence-electron chi connectivity index (χ0n) is 18.2. The predicted octanol–water partition coefficient (Wildman–Crippen LogP) is 3.79. The molecule has 1 atom stereocenters. The first-order chi connectivity index (χ1) is 13.7. The second-order valence-electron chi connectivity index (χ2n) is 8.30. The smallest absolute Gasteiger partial charge is 0.240 e. The summed E-state index contributed by atoms with van der Waals surface area (Å²) in [4.78, 5) is 4.84. The Hall–Kier alpha value is -1.89. The lowest BCUT2D eigenvalue weighted by molar-refractivity contribution is 0.246. The number of aryl methyl sites for hydroxylation is 3. The first-order valence-corrected chi connectivity index (χ1v) is 11.8. The van der Waals surface area contributed by atoms with Gasteiger partial charge < -0.3 is 4.90 Å². The molecule has 0 amide bonds. The molecule has 0 radical (unpaired) electrons. The molecule has 2 aromatic carbocycles. The molecule has 6 heteroatoms. The Balaban J connectivity index is 1.84. The molecular weight excluding hydrogens is 382 g/mol. The first-order valence-electron chi connectivity index (χ1n) is 10.3. The van der Waals surface area contributed by atoms with Gasteiger partial charge in [0.15, 0.2) is 0 Å². The minimum atomic E-state index is -3.57. The lowest BCUT2D eigenvalue weighted by Crippen LogP contribution is -2.37. The van der Waals surface area contributed by atoms with E-state index in [0.717, 1.165) is 53.9 Å². The van der Waals surface area contributed by atoms with Crippen LogP contribution in [0.5, 0.6) is 0 Å². The summed E-state index contributed by atoms with van der Waals surface area (Å²) < 4.78 is 29.0. The van der Waals surface area contributed by atoms with Gasteiger partial charge in [0.05, 0.1) is 4.90 Å². The van der Waals surface area contributed by atoms with Crippen molar-refractivity contribution in [2.75, 3.05) is 38.6 Å². The van der Waals surface area contributed by atoms with Crippen LogP contribution < -0.4 is 9.62 Å². The highest BCUT2D eigenvalue weighted by Crippen LogP contribution is 2.27. The quantitative estimate of drug-likeness (QED) is 0.747. The normalized spacial score (nSPS) is 16.2. The van der Waals surface area contributed by atoms with Crippen molar-refractivity contribution in [1.82, 2.24) is 9.62 Å². The fourth-order valence-electron chi connectivity index (χ4n) is 4.00. The summed E-state index contributed by atoms with van der Waals surface area (Å²) in [6.45, 7) is 8.20. The van der Waals surface area contributed by atoms with E-state index in [0.29, 0.717) is 11.4 Å². The molecule has 0 aliphatic carbocycles. The van der Waals surface area contributed by atoms with Gasteiger partial charge in [-0.25, -0.2) is 13.1 Å². The number of hydrogen-bond donors (Lipinski definition) is 1. The Morgan fingerprint density at radius 3 is 2.14 bits per heavy atom. The zero-order valence-corrected chi connectivity index (χ0v) is 19.0. The van der Waals surface area contributed by atoms with E-state index in [2.05, 4.69) is 38.8 Å². The molecule has 0 saturated carbocycles. The molecule has 0 aromatic heterocycles. The number of likely N-dealkylation sites (tertiary alicyclic amines) is 1. The summed E-state index contributed by atoms with van der Waals surface area (Å²) in [5.41, 5.74) is 5.18. The molecule has 29 heavy (non-hydrogen) atoms. The molecule has 1 fully saturated rings. The van der Waals surface area contributed by atoms with Gasteiger partial charge in [-0.15, -0.1) is 0 Å². The van der Waals surface area contributed by atoms with Crippen LogP contribution in [-0.2, 0) is 10.0 Å². The average Bonchev–Trinajstić information content (AvgIpc) is 3.19. The molecule has 1 aliphatic rings. The maximum absolute atomic E-state index is 13.1. The average molecular weight is 416 g/mol. The van der Waals surface area contributed by atoms with Gasteiger partial charge in [-0.3, -0.25) is 4.90 Å². The van der Waals surface area contributed by atoms with Gasteiger partial charge in [-0.1, -0.05) is 18.2 Å². The van der Waals surface area contributed by atoms with Gasteiger partial charge in [-0.2, -0.15) is 0 Å². The van der Waals surface area contributed by atoms with Gasteiger partial charge in [0.25, 0.3) is 0 Å². The number of benzene rings is 2. The summed E-state index contributed by atoms with van der Waals surface area (Å²) in [6.07, 6.45) is 2.32. The van der Waals surface area contributed by atoms with Crippen molar-refractivity contribution in [3.63, 3.8) is 0 Å². The van der Waals surface area contributed by atoms with Crippen LogP contribution in [0.2, 0.25) is 0 Å². The Kier molecular flexibility index (Phi) is 6.66. The number of nitrogens with zero attached hydrogens (tertiary/aromatic N) is 2. The number of hydrogen-bond acceptors (Lipinski definition) is 4. The Labute approximate surface area is 175 Å². The van der Waals surface area contributed by atoms with Crippen molar-refractivity contribution < 1.29 is 8.42 Å². The molecular formula is C23H33N3O2S. The molecule has 0 unspecified atom stereocenters. The molecule has 3 rings (SSSR count). The highest BCUT2D eigenvalue weighted by atomic mass is 32.2. The van der Waals surface area contributed by atoms with Gasteiger partial charge in [0.2, 0.25) is 10.0 Å². The standard InChI is InChI=1S/C23H33N3O2S/c1-17-14-19(3)23(15-18(17)2)29(27,28)24-16-22(26-12-6-7-13-26)20-8-10-21(11-9-20)25(4)5/h8-11,14-15,22,24H,6-7,12-13,16H2,1-5H3/t22-/m0/s1. The second-order valence-corrected chi connectivity index (χ2v) is 10.0. The first kappa shape index (κ1) is 21.8. The fraction of sp³-hybridized carbons (Fsp3) is 0.478. The predicted molar refractivity (Wildman–Crippen MR) is 120 cm³/mol. The molecule has 5 nitrogen and oxygen atoms in total. The Bertz CT molecular complexity index is 947. The fourth-order valence-corrected chi connectivity index (χ4v) is 5.34. The minimum Gasteiger partial charge on any atom is -0.378 e. The molecule has 1 aliphatic heterocycles. The van der Waals surface area contributed by atoms with Crippen molar-refractivity contribution >= 4 is 15.7 Å². The van der Waals surface area contributed by atoms with Gasteiger partial charge in [0.1, 0.15) is 0 Å². The second kappa shape index (κ2) is 8.86. The summed E-state index contributed by atoms with van der Waals surface area (Å²) >= 11 is 0. The van der Waals surface area contributed by atoms with E-state index in [1.165, 1.54) is 0 Å². The van der Waals surface area contributed by atoms with E-state index >= 15 is 0 Å². The summed E-state index contributed by atoms with van der Waals surface area (Å²) in [5, 5.41) is 0. The Morgan fingerprint density at radius 1 is 0.966 bits per heavy atom. The highest BCUT2D eigenvalue weighted by Gasteiger charge is 2.26. The molecule has 158 valence electrons. The van der Waals surface area contributed by atoms with Crippen LogP contribution in [-0.4, -0.2) is 47.0 Å². The number of nitrogens with one attached hydrogen (secondary N) is 1. The van der Waals surface area contributed by atoms with Crippen LogP contribution >= 0.6 is 0 Å². The lowest BCUT2D eigenvalue weighted by atomic mass is 10.1. The van der Waals surface area contributed by atoms with Crippen LogP contribution in [0.4, 0.5) is 5.69 Å². The van der Waals surface area contributed by atoms with Crippen molar-refractivity contribution in [2.45, 2.75) is 44.6 Å². The van der Waals surface area contributed by atoms with E-state index in [1.54, 1.807) is 6.07 Å². The van der Waals surface area contributed by atoms with Crippen molar-refractivity contribution in [3.8, 4) is 0 Å². The maximum Gasteiger partial charge on any atom is 0.240 e. The summed E-state index contributed by atoms with van der Waals surface area (Å²) in [5.74, 6) is 0. The van der Waals surface area contributed by atoms with Crippen LogP contribution in [0.15, 0.2) is 41.3 Å². The van der Waals surface area contributed by atoms with Crippen molar-refractivity contribution in [2.24, 2.45) is 0 Å². The maximum atomic E-state index is 13.1. The SMILES string of the molecule is Cc1cc(C)c(S(=O)(=O)NC[C@@H](c2ccc(N(C)C)cc2)N2CCCC2)cc1C. The van der Waals surface area contributed by atoms with Gasteiger partial charge >= 0.3 is 0 Å². The lowest BCUT2D eigenvalue weighted by Gasteiger charge is -2.28. The van der Waals surface area contributed by atoms with E-state index in [-0.39, 0.29) is 6.04 Å². The third-order valence-electron chi connectivity index (χ3n) is 5.92. The third kappa shape index (κ3) is 5.00. The number of anilines is 1. The number of rotatable bonds is 7. The number of sulfonamides is 1. The van der Waals surface area contributed by atoms with Crippen LogP contribution in [0, 0.1) is 20.8 Å². The van der Waals surface area contributed by atoms with E-state index < -0.39 is 10.0 Å². The third-order valence-corrected chi connectivity index (χ3v) is 7.49. The molecule has 1 N–H and O–H groups in total. The zero-order chi connectivity index (χ0) is 21.2. The minimum absolute atomic E-state index is 0.0374. The molecule has 1 heterocycles. The summed E-state index contributed by atoms with van der Waals surface area (Å²) in [7, 11) is 0.472. The highest BCUT2D eigenvalue weighted by molar-refractivity contribution is 7.89. The monoisotopic (exact) mass is 415 g/mol. The largest absolute Gasteiger partial charge is 0.378 e. The van der Waals surface area contributed by atoms with Crippen molar-refractivity contribution in [1.29, 1.82) is 0 Å². The van der Waals surface area contributed by atoms with Crippen LogP contribution in [0.3, 0.4) is 0 Å². The van der Waals surface area contributed by atoms with E-state index in [1.807, 2.05) is 40.9 Å².